The number of nitrogens with one attached hydrogen (secondary N) is 1. The third-order valence-corrected chi connectivity index (χ3v) is 1.75. The van der Waals surface area contributed by atoms with Crippen molar-refractivity contribution in [2.24, 2.45) is 0 Å². The predicted molar refractivity (Wildman–Crippen MR) is 52.7 cm³/mol. The Balaban J connectivity index is 3.30. The summed E-state index contributed by atoms with van der Waals surface area (Å²) in [6.07, 6.45) is 1.09. The number of hydrogen-bond acceptors (Lipinski definition) is 4. The molecule has 0 saturated heterocycles. The number of hydrogen-bond donors (Lipinski definition) is 1. The Labute approximate surface area is 81.7 Å². The first kappa shape index (κ1) is 12.0. The minimum atomic E-state index is -0.475. The second-order valence-electron chi connectivity index (χ2n) is 2.02. The molecule has 0 spiro atoms. The van der Waals surface area contributed by atoms with Gasteiger partial charge in [-0.05, 0) is 5.75 Å². The molecule has 0 heterocycles. The number of carbonyl (C=O) groups is 2. The van der Waals surface area contributed by atoms with E-state index in [1.165, 1.54) is 11.8 Å². The highest BCUT2D eigenvalue weighted by Crippen LogP contribution is 1.98. The predicted octanol–water partition coefficient (Wildman–Crippen LogP) is 1.18. The van der Waals surface area contributed by atoms with Crippen LogP contribution in [0.25, 0.3) is 0 Å². The van der Waals surface area contributed by atoms with Gasteiger partial charge in [0.15, 0.2) is 0 Å². The third-order valence-electron chi connectivity index (χ3n) is 1.06. The molecule has 0 radical (unpaired) electrons. The first-order chi connectivity index (χ1) is 6.20. The summed E-state index contributed by atoms with van der Waals surface area (Å²) < 4.78 is 4.64. The Morgan fingerprint density at radius 3 is 2.85 bits per heavy atom. The highest BCUT2D eigenvalue weighted by molar-refractivity contribution is 8.13. The Hall–Kier alpha value is -0.970. The van der Waals surface area contributed by atoms with Crippen molar-refractivity contribution < 1.29 is 14.3 Å². The lowest BCUT2D eigenvalue weighted by molar-refractivity contribution is -0.137. The van der Waals surface area contributed by atoms with Crippen LogP contribution in [0.3, 0.4) is 0 Å². The van der Waals surface area contributed by atoms with Gasteiger partial charge < -0.3 is 10.1 Å². The Morgan fingerprint density at radius 1 is 1.62 bits per heavy atom. The van der Waals surface area contributed by atoms with Crippen LogP contribution in [0.5, 0.6) is 0 Å². The molecule has 13 heavy (non-hydrogen) atoms. The molecule has 0 aromatic rings. The summed E-state index contributed by atoms with van der Waals surface area (Å²) in [5.41, 5.74) is 0. The van der Waals surface area contributed by atoms with Gasteiger partial charge in [0.2, 0.25) is 0 Å². The van der Waals surface area contributed by atoms with Crippen LogP contribution in [-0.4, -0.2) is 30.1 Å². The van der Waals surface area contributed by atoms with Crippen LogP contribution in [0.1, 0.15) is 6.92 Å². The van der Waals surface area contributed by atoms with Gasteiger partial charge in [-0.25, -0.2) is 4.79 Å². The molecule has 0 aromatic heterocycles. The number of carbonyl (C=O) groups excluding carboxylic acids is 2. The summed E-state index contributed by atoms with van der Waals surface area (Å²) in [4.78, 5) is 21.4. The SMILES string of the molecule is C=CC(=O)OCCNC(=O)SCC. The van der Waals surface area contributed by atoms with Gasteiger partial charge in [-0.1, -0.05) is 25.3 Å². The first-order valence-corrected chi connectivity index (χ1v) is 4.89. The van der Waals surface area contributed by atoms with Gasteiger partial charge in [0.1, 0.15) is 6.61 Å². The molecule has 0 aliphatic heterocycles. The average molecular weight is 203 g/mol. The number of ether oxygens (including phenoxy) is 1. The van der Waals surface area contributed by atoms with Crippen molar-refractivity contribution in [1.82, 2.24) is 5.32 Å². The van der Waals surface area contributed by atoms with E-state index in [1.54, 1.807) is 0 Å². The van der Waals surface area contributed by atoms with E-state index in [4.69, 9.17) is 0 Å². The van der Waals surface area contributed by atoms with E-state index < -0.39 is 5.97 Å². The quantitative estimate of drug-likeness (QED) is 0.414. The minimum absolute atomic E-state index is 0.0999. The number of esters is 1. The molecule has 0 fully saturated rings. The van der Waals surface area contributed by atoms with E-state index in [9.17, 15) is 9.59 Å². The smallest absolute Gasteiger partial charge is 0.330 e. The molecular formula is C8H13NO3S. The van der Waals surface area contributed by atoms with E-state index in [-0.39, 0.29) is 11.8 Å². The average Bonchev–Trinajstić information content (AvgIpc) is 2.12. The van der Waals surface area contributed by atoms with Crippen LogP contribution >= 0.6 is 11.8 Å². The van der Waals surface area contributed by atoms with Gasteiger partial charge in [0.25, 0.3) is 5.24 Å². The number of amides is 1. The van der Waals surface area contributed by atoms with Crippen molar-refractivity contribution >= 4 is 23.0 Å². The lowest BCUT2D eigenvalue weighted by Crippen LogP contribution is -2.24. The standard InChI is InChI=1S/C8H13NO3S/c1-3-7(10)12-6-5-9-8(11)13-4-2/h3H,1,4-6H2,2H3,(H,9,11). The number of rotatable bonds is 5. The maximum atomic E-state index is 10.8. The van der Waals surface area contributed by atoms with Gasteiger partial charge in [-0.3, -0.25) is 4.79 Å². The van der Waals surface area contributed by atoms with E-state index in [0.717, 1.165) is 11.8 Å². The molecule has 1 amide bonds. The van der Waals surface area contributed by atoms with Crippen LogP contribution < -0.4 is 5.32 Å². The maximum Gasteiger partial charge on any atom is 0.330 e. The summed E-state index contributed by atoms with van der Waals surface area (Å²) >= 11 is 1.19. The molecule has 0 bridgehead atoms. The van der Waals surface area contributed by atoms with Crippen molar-refractivity contribution in [3.63, 3.8) is 0 Å². The summed E-state index contributed by atoms with van der Waals surface area (Å²) in [6.45, 7) is 5.65. The zero-order valence-electron chi connectivity index (χ0n) is 7.54. The highest BCUT2D eigenvalue weighted by Gasteiger charge is 1.99. The van der Waals surface area contributed by atoms with Gasteiger partial charge in [-0.2, -0.15) is 0 Å². The molecule has 0 aliphatic carbocycles. The third kappa shape index (κ3) is 7.39. The Morgan fingerprint density at radius 2 is 2.31 bits per heavy atom. The lowest BCUT2D eigenvalue weighted by Gasteiger charge is -2.03. The van der Waals surface area contributed by atoms with Gasteiger partial charge >= 0.3 is 5.97 Å². The van der Waals surface area contributed by atoms with Crippen LogP contribution in [0, 0.1) is 0 Å². The fraction of sp³-hybridized carbons (Fsp3) is 0.500. The van der Waals surface area contributed by atoms with E-state index in [2.05, 4.69) is 16.6 Å². The maximum absolute atomic E-state index is 10.8. The fourth-order valence-corrected chi connectivity index (χ4v) is 1.01. The lowest BCUT2D eigenvalue weighted by atomic mass is 10.6. The number of thioether (sulfide) groups is 1. The van der Waals surface area contributed by atoms with Crippen LogP contribution in [-0.2, 0) is 9.53 Å². The van der Waals surface area contributed by atoms with Gasteiger partial charge in [-0.15, -0.1) is 0 Å². The molecule has 0 unspecified atom stereocenters. The van der Waals surface area contributed by atoms with Crippen molar-refractivity contribution in [3.05, 3.63) is 12.7 Å². The molecule has 0 aromatic carbocycles. The largest absolute Gasteiger partial charge is 0.461 e. The van der Waals surface area contributed by atoms with E-state index in [0.29, 0.717) is 6.54 Å². The Kier molecular flexibility index (Phi) is 7.10. The van der Waals surface area contributed by atoms with Crippen LogP contribution in [0.4, 0.5) is 4.79 Å². The summed E-state index contributed by atoms with van der Waals surface area (Å²) in [7, 11) is 0. The molecule has 0 saturated carbocycles. The molecule has 74 valence electrons. The molecule has 0 atom stereocenters. The molecular weight excluding hydrogens is 190 g/mol. The molecule has 5 heteroatoms. The first-order valence-electron chi connectivity index (χ1n) is 3.90. The molecule has 4 nitrogen and oxygen atoms in total. The van der Waals surface area contributed by atoms with Crippen molar-refractivity contribution in [2.75, 3.05) is 18.9 Å². The van der Waals surface area contributed by atoms with Gasteiger partial charge in [0.05, 0.1) is 6.54 Å². The fourth-order valence-electron chi connectivity index (χ4n) is 0.546. The molecule has 1 N–H and O–H groups in total. The van der Waals surface area contributed by atoms with Crippen molar-refractivity contribution in [1.29, 1.82) is 0 Å². The second kappa shape index (κ2) is 7.67. The molecule has 0 rings (SSSR count). The zero-order chi connectivity index (χ0) is 10.1. The van der Waals surface area contributed by atoms with Crippen LogP contribution in [0.2, 0.25) is 0 Å². The summed E-state index contributed by atoms with van der Waals surface area (Å²) in [5, 5.41) is 2.48. The van der Waals surface area contributed by atoms with Crippen LogP contribution in [0.15, 0.2) is 12.7 Å². The topological polar surface area (TPSA) is 55.4 Å². The zero-order valence-corrected chi connectivity index (χ0v) is 8.36. The normalized spacial score (nSPS) is 9.00. The minimum Gasteiger partial charge on any atom is -0.461 e. The van der Waals surface area contributed by atoms with Gasteiger partial charge in [0, 0.05) is 6.08 Å². The monoisotopic (exact) mass is 203 g/mol. The van der Waals surface area contributed by atoms with E-state index in [1.807, 2.05) is 6.92 Å². The highest BCUT2D eigenvalue weighted by atomic mass is 32.2. The van der Waals surface area contributed by atoms with E-state index >= 15 is 0 Å². The summed E-state index contributed by atoms with van der Waals surface area (Å²) in [6, 6.07) is 0. The molecule has 0 aliphatic rings. The Bertz CT molecular complexity index is 194. The van der Waals surface area contributed by atoms with Crippen molar-refractivity contribution in [2.45, 2.75) is 6.92 Å². The second-order valence-corrected chi connectivity index (χ2v) is 3.26. The summed E-state index contributed by atoms with van der Waals surface area (Å²) in [5.74, 6) is 0.260. The van der Waals surface area contributed by atoms with Crippen molar-refractivity contribution in [3.8, 4) is 0 Å².